The second kappa shape index (κ2) is 10.1. The predicted octanol–water partition coefficient (Wildman–Crippen LogP) is 1.91. The smallest absolute Gasteiger partial charge is 0.303 e. The van der Waals surface area contributed by atoms with Gasteiger partial charge in [0.25, 0.3) is 15.7 Å². The van der Waals surface area contributed by atoms with E-state index in [0.29, 0.717) is 6.26 Å². The van der Waals surface area contributed by atoms with Crippen LogP contribution < -0.4 is 21.5 Å². The molecule has 0 fully saturated rings. The monoisotopic (exact) mass is 596 g/mol. The van der Waals surface area contributed by atoms with E-state index < -0.39 is 47.3 Å². The summed E-state index contributed by atoms with van der Waals surface area (Å²) in [5.41, 5.74) is -1.83. The van der Waals surface area contributed by atoms with E-state index in [2.05, 4.69) is 10.3 Å². The van der Waals surface area contributed by atoms with Gasteiger partial charge in [0.2, 0.25) is 0 Å². The highest BCUT2D eigenvalue weighted by molar-refractivity contribution is 7.91. The highest BCUT2D eigenvalue weighted by Gasteiger charge is 2.24. The molecule has 1 aliphatic heterocycles. The lowest BCUT2D eigenvalue weighted by atomic mass is 9.97. The number of aliphatic hydroxyl groups is 1. The summed E-state index contributed by atoms with van der Waals surface area (Å²) in [7, 11) is -8.77. The predicted molar refractivity (Wildman–Crippen MR) is 149 cm³/mol. The molecule has 1 heterocycles. The summed E-state index contributed by atoms with van der Waals surface area (Å²) in [6.45, 7) is 0. The third-order valence-electron chi connectivity index (χ3n) is 6.60. The molecule has 5 rings (SSSR count). The Morgan fingerprint density at radius 3 is 2.22 bits per heavy atom. The molecule has 41 heavy (non-hydrogen) atoms. The minimum atomic E-state index is -4.98. The normalized spacial score (nSPS) is 12.9. The summed E-state index contributed by atoms with van der Waals surface area (Å²) in [6, 6.07) is 12.4. The highest BCUT2D eigenvalue weighted by atomic mass is 32.2. The van der Waals surface area contributed by atoms with Crippen molar-refractivity contribution in [1.29, 1.82) is 0 Å². The Hall–Kier alpha value is -4.66. The fourth-order valence-corrected chi connectivity index (χ4v) is 6.77. The van der Waals surface area contributed by atoms with Crippen LogP contribution in [0, 0.1) is 10.4 Å². The van der Waals surface area contributed by atoms with Gasteiger partial charge in [-0.2, -0.15) is 8.42 Å². The van der Waals surface area contributed by atoms with Crippen LogP contribution in [0.15, 0.2) is 74.0 Å². The second-order valence-corrected chi connectivity index (χ2v) is 12.7. The number of nitrogens with zero attached hydrogens (tertiary/aromatic N) is 1. The summed E-state index contributed by atoms with van der Waals surface area (Å²) < 4.78 is 59.9. The first-order chi connectivity index (χ1) is 19.3. The molecule has 3 aromatic carbocycles. The molecule has 3 aromatic rings. The van der Waals surface area contributed by atoms with Gasteiger partial charge in [0, 0.05) is 27.9 Å². The maximum atomic E-state index is 13.7. The van der Waals surface area contributed by atoms with E-state index in [-0.39, 0.29) is 66.7 Å². The molecule has 14 heteroatoms. The average Bonchev–Trinajstić information content (AvgIpc) is 2.91. The van der Waals surface area contributed by atoms with Crippen LogP contribution in [0.4, 0.5) is 11.4 Å². The Kier molecular flexibility index (Phi) is 6.85. The lowest BCUT2D eigenvalue weighted by Crippen LogP contribution is -2.31. The van der Waals surface area contributed by atoms with Crippen molar-refractivity contribution in [2.45, 2.75) is 22.6 Å². The van der Waals surface area contributed by atoms with Crippen LogP contribution in [0.5, 0.6) is 0 Å². The molecule has 0 atom stereocenters. The van der Waals surface area contributed by atoms with Crippen LogP contribution in [0.2, 0.25) is 0 Å². The number of aromatic nitrogens is 1. The molecule has 1 aliphatic carbocycles. The molecule has 0 amide bonds. The van der Waals surface area contributed by atoms with Gasteiger partial charge in [0.15, 0.2) is 15.3 Å². The van der Waals surface area contributed by atoms with Crippen molar-refractivity contribution in [3.63, 3.8) is 0 Å². The maximum Gasteiger partial charge on any atom is 0.303 e. The van der Waals surface area contributed by atoms with Crippen molar-refractivity contribution >= 4 is 65.2 Å². The maximum absolute atomic E-state index is 13.7. The number of anilines is 2. The van der Waals surface area contributed by atoms with Crippen molar-refractivity contribution in [2.75, 3.05) is 11.1 Å². The first kappa shape index (κ1) is 27.9. The van der Waals surface area contributed by atoms with Gasteiger partial charge in [0.05, 0.1) is 38.7 Å². The van der Waals surface area contributed by atoms with Crippen molar-refractivity contribution < 1.29 is 36.4 Å². The third kappa shape index (κ3) is 4.92. The number of carbonyl (C=O) groups is 1. The number of rotatable bonds is 8. The van der Waals surface area contributed by atoms with Gasteiger partial charge in [-0.25, -0.2) is 13.4 Å². The molecule has 4 N–H and O–H groups in total. The topological polar surface area (TPSA) is 205 Å². The largest absolute Gasteiger partial charge is 0.515 e. The first-order valence-electron chi connectivity index (χ1n) is 12.0. The van der Waals surface area contributed by atoms with E-state index in [0.717, 1.165) is 6.07 Å². The number of hydrogen-bond donors (Lipinski definition) is 4. The standard InChI is InChI=1S/C27H20N2O10S2/c30-13-18-22-16-4-1-2-5-17(16)26(33)23-19(12-20(41(37,38)39)25(24(22)23)29-27(18)34)28-14-7-9-15(10-8-14)40(35,36)11-3-6-21(31)32/h1-2,4-5,7-10,12-13,28,30H,3,6,11H2,(H,31,32)(H,37,38,39). The Bertz CT molecular complexity index is 2320. The van der Waals surface area contributed by atoms with E-state index in [1.807, 2.05) is 0 Å². The van der Waals surface area contributed by atoms with E-state index >= 15 is 0 Å². The van der Waals surface area contributed by atoms with Gasteiger partial charge >= 0.3 is 5.97 Å². The van der Waals surface area contributed by atoms with Crippen LogP contribution in [-0.2, 0) is 24.7 Å². The van der Waals surface area contributed by atoms with Crippen molar-refractivity contribution in [1.82, 2.24) is 4.98 Å². The Morgan fingerprint density at radius 2 is 1.61 bits per heavy atom. The highest BCUT2D eigenvalue weighted by Crippen LogP contribution is 2.31. The quantitative estimate of drug-likeness (QED) is 0.190. The zero-order valence-electron chi connectivity index (χ0n) is 20.9. The molecular formula is C27H20N2O10S2. The number of benzene rings is 3. The number of carboxylic acids is 1. The molecular weight excluding hydrogens is 576 g/mol. The number of hydrogen-bond acceptors (Lipinski definition) is 10. The zero-order valence-corrected chi connectivity index (χ0v) is 22.5. The number of aliphatic hydroxyl groups excluding tert-OH is 1. The number of nitrogens with one attached hydrogen (secondary N) is 1. The molecule has 0 saturated carbocycles. The fraction of sp³-hybridized carbons (Fsp3) is 0.111. The van der Waals surface area contributed by atoms with Gasteiger partial charge in [-0.3, -0.25) is 18.9 Å². The molecule has 12 nitrogen and oxygen atoms in total. The molecule has 0 unspecified atom stereocenters. The van der Waals surface area contributed by atoms with E-state index in [4.69, 9.17) is 5.11 Å². The molecule has 0 bridgehead atoms. The van der Waals surface area contributed by atoms with Crippen LogP contribution in [-0.4, -0.2) is 48.3 Å². The first-order valence-corrected chi connectivity index (χ1v) is 15.0. The third-order valence-corrected chi connectivity index (χ3v) is 9.28. The molecule has 0 spiro atoms. The number of carboxylic acid groups (broad SMARTS) is 1. The summed E-state index contributed by atoms with van der Waals surface area (Å²) in [6.07, 6.45) is 0.134. The summed E-state index contributed by atoms with van der Waals surface area (Å²) in [5, 5.41) is 21.6. The van der Waals surface area contributed by atoms with E-state index in [1.54, 1.807) is 12.1 Å². The Labute approximate surface area is 230 Å². The van der Waals surface area contributed by atoms with Crippen molar-refractivity contribution in [3.8, 4) is 0 Å². The van der Waals surface area contributed by atoms with Crippen LogP contribution in [0.1, 0.15) is 12.8 Å². The molecule has 2 aliphatic rings. The molecule has 210 valence electrons. The van der Waals surface area contributed by atoms with E-state index in [1.165, 1.54) is 36.4 Å². The minimum absolute atomic E-state index is 0.0593. The molecule has 0 aromatic heterocycles. The number of fused-ring (bicyclic) bond motifs is 2. The fourth-order valence-electron chi connectivity index (χ4n) is 4.80. The number of sulfone groups is 1. The van der Waals surface area contributed by atoms with Gasteiger partial charge < -0.3 is 15.5 Å². The Morgan fingerprint density at radius 1 is 0.951 bits per heavy atom. The average molecular weight is 597 g/mol. The van der Waals surface area contributed by atoms with Gasteiger partial charge in [-0.15, -0.1) is 0 Å². The SMILES string of the molecule is O=C(O)CCCS(=O)(=O)c1ccc(Nc2cc(S(=O)(=O)O)c3nc(=O)c(=CO)c4c5ccccc5c(=O)c2c3=4)cc1. The lowest BCUT2D eigenvalue weighted by molar-refractivity contribution is -0.137. The van der Waals surface area contributed by atoms with E-state index in [9.17, 15) is 40.9 Å². The van der Waals surface area contributed by atoms with Crippen molar-refractivity contribution in [3.05, 3.63) is 90.8 Å². The summed E-state index contributed by atoms with van der Waals surface area (Å²) >= 11 is 0. The second-order valence-electron chi connectivity index (χ2n) is 9.17. The van der Waals surface area contributed by atoms with Gasteiger partial charge in [-0.1, -0.05) is 24.3 Å². The Balaban J connectivity index is 1.78. The molecule has 0 saturated heterocycles. The van der Waals surface area contributed by atoms with Crippen LogP contribution in [0.25, 0.3) is 27.9 Å². The minimum Gasteiger partial charge on any atom is -0.515 e. The van der Waals surface area contributed by atoms with Crippen LogP contribution >= 0.6 is 0 Å². The van der Waals surface area contributed by atoms with Gasteiger partial charge in [-0.05, 0) is 42.1 Å². The van der Waals surface area contributed by atoms with Crippen molar-refractivity contribution in [2.24, 2.45) is 0 Å². The number of aliphatic carboxylic acids is 1. The van der Waals surface area contributed by atoms with Gasteiger partial charge in [0.1, 0.15) is 4.90 Å². The summed E-state index contributed by atoms with van der Waals surface area (Å²) in [5.74, 6) is -1.50. The summed E-state index contributed by atoms with van der Waals surface area (Å²) in [4.78, 5) is 40.2. The zero-order chi connectivity index (χ0) is 29.7. The van der Waals surface area contributed by atoms with Crippen LogP contribution in [0.3, 0.4) is 0 Å². The molecule has 0 radical (unpaired) electrons. The lowest BCUT2D eigenvalue weighted by Gasteiger charge is -2.15.